The molecule has 128 valence electrons. The van der Waals surface area contributed by atoms with Crippen molar-refractivity contribution < 1.29 is 14.1 Å². The number of ether oxygens (including phenoxy) is 1. The monoisotopic (exact) mass is 337 g/mol. The number of nitrogens with one attached hydrogen (secondary N) is 1. The Morgan fingerprint density at radius 2 is 1.96 bits per heavy atom. The van der Waals surface area contributed by atoms with Gasteiger partial charge in [-0.15, -0.1) is 0 Å². The fraction of sp³-hybridized carbons (Fsp3) is 0.211. The van der Waals surface area contributed by atoms with Crippen LogP contribution in [-0.4, -0.2) is 16.0 Å². The van der Waals surface area contributed by atoms with E-state index in [-0.39, 0.29) is 5.91 Å². The molecule has 0 saturated heterocycles. The highest BCUT2D eigenvalue weighted by molar-refractivity contribution is 6.04. The molecule has 1 aromatic carbocycles. The summed E-state index contributed by atoms with van der Waals surface area (Å²) in [6.07, 6.45) is 0. The molecule has 6 heteroatoms. The van der Waals surface area contributed by atoms with Crippen LogP contribution in [0, 0.1) is 20.8 Å². The van der Waals surface area contributed by atoms with Crippen LogP contribution in [0.1, 0.15) is 33.1 Å². The van der Waals surface area contributed by atoms with Gasteiger partial charge in [0.1, 0.15) is 23.9 Å². The maximum absolute atomic E-state index is 12.4. The van der Waals surface area contributed by atoms with Crippen LogP contribution in [0.2, 0.25) is 0 Å². The number of amides is 1. The SMILES string of the molecule is Cc1cccc(NC(=O)c2cccc(OCc3c(C)noc3C)c2)n1. The van der Waals surface area contributed by atoms with Crippen LogP contribution in [0.15, 0.2) is 47.0 Å². The van der Waals surface area contributed by atoms with Gasteiger partial charge in [0.05, 0.1) is 11.3 Å². The van der Waals surface area contributed by atoms with Gasteiger partial charge in [-0.25, -0.2) is 4.98 Å². The first-order valence-corrected chi connectivity index (χ1v) is 7.92. The first-order chi connectivity index (χ1) is 12.0. The third-order valence-corrected chi connectivity index (χ3v) is 3.79. The second kappa shape index (κ2) is 7.17. The van der Waals surface area contributed by atoms with Crippen molar-refractivity contribution in [3.05, 3.63) is 70.7 Å². The van der Waals surface area contributed by atoms with Crippen LogP contribution in [0.4, 0.5) is 5.82 Å². The van der Waals surface area contributed by atoms with Gasteiger partial charge in [-0.05, 0) is 51.1 Å². The lowest BCUT2D eigenvalue weighted by Gasteiger charge is -2.09. The van der Waals surface area contributed by atoms with Crippen LogP contribution >= 0.6 is 0 Å². The van der Waals surface area contributed by atoms with Crippen molar-refractivity contribution in [2.75, 3.05) is 5.32 Å². The number of pyridine rings is 1. The number of aryl methyl sites for hydroxylation is 3. The summed E-state index contributed by atoms with van der Waals surface area (Å²) in [7, 11) is 0. The standard InChI is InChI=1S/C19H19N3O3/c1-12-6-4-9-18(20-12)21-19(23)15-7-5-8-16(10-15)24-11-17-13(2)22-25-14(17)3/h4-10H,11H2,1-3H3,(H,20,21,23). The Balaban J connectivity index is 1.69. The summed E-state index contributed by atoms with van der Waals surface area (Å²) in [5.41, 5.74) is 3.06. The van der Waals surface area contributed by atoms with E-state index in [0.29, 0.717) is 23.7 Å². The quantitative estimate of drug-likeness (QED) is 0.766. The molecular formula is C19H19N3O3. The Morgan fingerprint density at radius 3 is 2.68 bits per heavy atom. The van der Waals surface area contributed by atoms with E-state index in [1.165, 1.54) is 0 Å². The maximum Gasteiger partial charge on any atom is 0.256 e. The van der Waals surface area contributed by atoms with Crippen molar-refractivity contribution in [1.82, 2.24) is 10.1 Å². The smallest absolute Gasteiger partial charge is 0.256 e. The highest BCUT2D eigenvalue weighted by Gasteiger charge is 2.11. The first-order valence-electron chi connectivity index (χ1n) is 7.92. The third kappa shape index (κ3) is 4.03. The van der Waals surface area contributed by atoms with Gasteiger partial charge in [0.25, 0.3) is 5.91 Å². The lowest BCUT2D eigenvalue weighted by Crippen LogP contribution is -2.13. The Hall–Kier alpha value is -3.15. The maximum atomic E-state index is 12.4. The molecule has 0 fully saturated rings. The average Bonchev–Trinajstić information content (AvgIpc) is 2.91. The Labute approximate surface area is 145 Å². The van der Waals surface area contributed by atoms with Crippen molar-refractivity contribution in [2.24, 2.45) is 0 Å². The van der Waals surface area contributed by atoms with E-state index in [0.717, 1.165) is 22.7 Å². The fourth-order valence-corrected chi connectivity index (χ4v) is 2.39. The number of anilines is 1. The Morgan fingerprint density at radius 1 is 1.16 bits per heavy atom. The van der Waals surface area contributed by atoms with E-state index in [4.69, 9.17) is 9.26 Å². The summed E-state index contributed by atoms with van der Waals surface area (Å²) in [6.45, 7) is 5.93. The van der Waals surface area contributed by atoms with Crippen molar-refractivity contribution >= 4 is 11.7 Å². The van der Waals surface area contributed by atoms with Gasteiger partial charge in [-0.1, -0.05) is 17.3 Å². The topological polar surface area (TPSA) is 77.2 Å². The number of hydrogen-bond acceptors (Lipinski definition) is 5. The molecule has 6 nitrogen and oxygen atoms in total. The van der Waals surface area contributed by atoms with Gasteiger partial charge >= 0.3 is 0 Å². The lowest BCUT2D eigenvalue weighted by atomic mass is 10.2. The summed E-state index contributed by atoms with van der Waals surface area (Å²) in [6, 6.07) is 12.5. The largest absolute Gasteiger partial charge is 0.489 e. The summed E-state index contributed by atoms with van der Waals surface area (Å²) in [5.74, 6) is 1.62. The molecule has 0 atom stereocenters. The number of rotatable bonds is 5. The summed E-state index contributed by atoms with van der Waals surface area (Å²) in [5, 5.41) is 6.69. The minimum Gasteiger partial charge on any atom is -0.489 e. The molecule has 0 saturated carbocycles. The zero-order chi connectivity index (χ0) is 17.8. The van der Waals surface area contributed by atoms with Crippen LogP contribution in [0.5, 0.6) is 5.75 Å². The van der Waals surface area contributed by atoms with E-state index in [2.05, 4.69) is 15.5 Å². The molecule has 25 heavy (non-hydrogen) atoms. The average molecular weight is 337 g/mol. The minimum absolute atomic E-state index is 0.235. The van der Waals surface area contributed by atoms with Gasteiger partial charge in [0.15, 0.2) is 0 Å². The zero-order valence-corrected chi connectivity index (χ0v) is 14.4. The normalized spacial score (nSPS) is 10.5. The number of aromatic nitrogens is 2. The molecule has 1 N–H and O–H groups in total. The van der Waals surface area contributed by atoms with E-state index in [9.17, 15) is 4.79 Å². The molecule has 0 aliphatic carbocycles. The van der Waals surface area contributed by atoms with Crippen LogP contribution in [0.25, 0.3) is 0 Å². The molecule has 0 bridgehead atoms. The number of hydrogen-bond donors (Lipinski definition) is 1. The molecule has 0 aliphatic rings. The van der Waals surface area contributed by atoms with E-state index >= 15 is 0 Å². The molecule has 2 heterocycles. The van der Waals surface area contributed by atoms with Crippen molar-refractivity contribution in [1.29, 1.82) is 0 Å². The van der Waals surface area contributed by atoms with E-state index in [1.54, 1.807) is 30.3 Å². The summed E-state index contributed by atoms with van der Waals surface area (Å²) >= 11 is 0. The number of nitrogens with zero attached hydrogens (tertiary/aromatic N) is 2. The fourth-order valence-electron chi connectivity index (χ4n) is 2.39. The molecule has 0 spiro atoms. The lowest BCUT2D eigenvalue weighted by molar-refractivity contribution is 0.102. The highest BCUT2D eigenvalue weighted by atomic mass is 16.5. The van der Waals surface area contributed by atoms with Gasteiger partial charge in [-0.2, -0.15) is 0 Å². The van der Waals surface area contributed by atoms with E-state index in [1.807, 2.05) is 32.9 Å². The second-order valence-corrected chi connectivity index (χ2v) is 5.74. The Kier molecular flexibility index (Phi) is 4.79. The summed E-state index contributed by atoms with van der Waals surface area (Å²) < 4.78 is 10.9. The molecule has 0 aliphatic heterocycles. The predicted molar refractivity (Wildman–Crippen MR) is 93.7 cm³/mol. The van der Waals surface area contributed by atoms with Gasteiger partial charge < -0.3 is 14.6 Å². The first kappa shape index (κ1) is 16.7. The molecule has 1 amide bonds. The van der Waals surface area contributed by atoms with Crippen LogP contribution in [-0.2, 0) is 6.61 Å². The Bertz CT molecular complexity index is 883. The third-order valence-electron chi connectivity index (χ3n) is 3.79. The predicted octanol–water partition coefficient (Wildman–Crippen LogP) is 3.83. The second-order valence-electron chi connectivity index (χ2n) is 5.74. The molecule has 0 radical (unpaired) electrons. The van der Waals surface area contributed by atoms with Gasteiger partial charge in [0, 0.05) is 11.3 Å². The number of benzene rings is 1. The molecule has 0 unspecified atom stereocenters. The minimum atomic E-state index is -0.235. The highest BCUT2D eigenvalue weighted by Crippen LogP contribution is 2.19. The molecule has 3 aromatic rings. The van der Waals surface area contributed by atoms with Crippen LogP contribution in [0.3, 0.4) is 0 Å². The van der Waals surface area contributed by atoms with Crippen LogP contribution < -0.4 is 10.1 Å². The number of carbonyl (C=O) groups excluding carboxylic acids is 1. The molecule has 3 rings (SSSR count). The van der Waals surface area contributed by atoms with Crippen molar-refractivity contribution in [2.45, 2.75) is 27.4 Å². The zero-order valence-electron chi connectivity index (χ0n) is 14.4. The van der Waals surface area contributed by atoms with Gasteiger partial charge in [0.2, 0.25) is 0 Å². The van der Waals surface area contributed by atoms with Crippen molar-refractivity contribution in [3.63, 3.8) is 0 Å². The number of carbonyl (C=O) groups is 1. The van der Waals surface area contributed by atoms with Gasteiger partial charge in [-0.3, -0.25) is 4.79 Å². The summed E-state index contributed by atoms with van der Waals surface area (Å²) in [4.78, 5) is 16.7. The molecule has 2 aromatic heterocycles. The van der Waals surface area contributed by atoms with E-state index < -0.39 is 0 Å². The molecular weight excluding hydrogens is 318 g/mol. The van der Waals surface area contributed by atoms with Crippen molar-refractivity contribution in [3.8, 4) is 5.75 Å².